The van der Waals surface area contributed by atoms with Gasteiger partial charge < -0.3 is 4.57 Å². The lowest BCUT2D eigenvalue weighted by Gasteiger charge is -1.97. The van der Waals surface area contributed by atoms with E-state index in [9.17, 15) is 9.59 Å². The quantitative estimate of drug-likeness (QED) is 0.561. The van der Waals surface area contributed by atoms with Crippen molar-refractivity contribution in [2.75, 3.05) is 0 Å². The highest BCUT2D eigenvalue weighted by Crippen LogP contribution is 2.18. The van der Waals surface area contributed by atoms with Crippen LogP contribution in [0, 0.1) is 0 Å². The second kappa shape index (κ2) is 3.81. The fraction of sp³-hybridized carbons (Fsp3) is 0.0667. The molecule has 0 saturated heterocycles. The van der Waals surface area contributed by atoms with E-state index in [1.165, 1.54) is 4.57 Å². The van der Waals surface area contributed by atoms with Crippen LogP contribution in [0.3, 0.4) is 0 Å². The highest BCUT2D eigenvalue weighted by molar-refractivity contribution is 5.96. The van der Waals surface area contributed by atoms with Crippen LogP contribution in [0.25, 0.3) is 21.7 Å². The van der Waals surface area contributed by atoms with Crippen LogP contribution in [0.2, 0.25) is 0 Å². The third-order valence-corrected chi connectivity index (χ3v) is 3.19. The molecule has 3 rings (SSSR count). The molecule has 0 fully saturated rings. The van der Waals surface area contributed by atoms with E-state index in [0.717, 1.165) is 10.8 Å². The molecule has 0 spiro atoms. The third-order valence-electron chi connectivity index (χ3n) is 3.19. The Morgan fingerprint density at radius 1 is 0.889 bits per heavy atom. The monoisotopic (exact) mass is 237 g/mol. The number of aryl methyl sites for hydroxylation is 1. The highest BCUT2D eigenvalue weighted by atomic mass is 16.2. The molecule has 0 N–H and O–H groups in total. The van der Waals surface area contributed by atoms with Crippen molar-refractivity contribution in [3.8, 4) is 0 Å². The van der Waals surface area contributed by atoms with Crippen LogP contribution in [0.15, 0.2) is 58.1 Å². The summed E-state index contributed by atoms with van der Waals surface area (Å²) in [4.78, 5) is 23.4. The Kier molecular flexibility index (Phi) is 2.27. The Balaban J connectivity index is 2.61. The molecule has 1 heterocycles. The fourth-order valence-electron chi connectivity index (χ4n) is 2.19. The van der Waals surface area contributed by atoms with Crippen LogP contribution in [0.5, 0.6) is 0 Å². The zero-order chi connectivity index (χ0) is 12.7. The van der Waals surface area contributed by atoms with E-state index in [4.69, 9.17) is 0 Å². The first kappa shape index (κ1) is 10.7. The Morgan fingerprint density at radius 3 is 2.17 bits per heavy atom. The first-order chi connectivity index (χ1) is 8.68. The summed E-state index contributed by atoms with van der Waals surface area (Å²) >= 11 is 0. The molecule has 0 atom stereocenters. The van der Waals surface area contributed by atoms with Gasteiger partial charge in [0.2, 0.25) is 0 Å². The predicted molar refractivity (Wildman–Crippen MR) is 73.0 cm³/mol. The molecule has 88 valence electrons. The Hall–Kier alpha value is -2.42. The maximum absolute atomic E-state index is 11.8. The lowest BCUT2D eigenvalue weighted by Crippen LogP contribution is -2.24. The molecule has 2 aromatic carbocycles. The summed E-state index contributed by atoms with van der Waals surface area (Å²) in [6.07, 6.45) is 0. The molecule has 0 saturated carbocycles. The van der Waals surface area contributed by atoms with Gasteiger partial charge in [-0.25, -0.2) is 0 Å². The molecule has 0 unspecified atom stereocenters. The Labute approximate surface area is 103 Å². The Bertz CT molecular complexity index is 878. The van der Waals surface area contributed by atoms with Crippen molar-refractivity contribution < 1.29 is 0 Å². The number of rotatable bonds is 0. The number of hydrogen-bond donors (Lipinski definition) is 0. The van der Waals surface area contributed by atoms with E-state index in [2.05, 4.69) is 0 Å². The third kappa shape index (κ3) is 1.44. The average Bonchev–Trinajstić information content (AvgIpc) is 2.54. The van der Waals surface area contributed by atoms with Crippen molar-refractivity contribution in [3.05, 3.63) is 69.1 Å². The SMILES string of the molecule is Cn1c(=O)c(=O)c2cc3ccccccc3cc21. The fourth-order valence-corrected chi connectivity index (χ4v) is 2.19. The smallest absolute Gasteiger partial charge is 0.299 e. The summed E-state index contributed by atoms with van der Waals surface area (Å²) in [7, 11) is 1.63. The number of benzene rings is 1. The second-order valence-corrected chi connectivity index (χ2v) is 4.29. The summed E-state index contributed by atoms with van der Waals surface area (Å²) < 4.78 is 1.41. The van der Waals surface area contributed by atoms with E-state index in [1.54, 1.807) is 13.1 Å². The molecular formula is C15H11NO2. The van der Waals surface area contributed by atoms with Crippen LogP contribution in [0.1, 0.15) is 0 Å². The molecule has 0 aliphatic heterocycles. The molecule has 18 heavy (non-hydrogen) atoms. The number of fused-ring (bicyclic) bond motifs is 2. The van der Waals surface area contributed by atoms with Crippen LogP contribution in [-0.2, 0) is 7.05 Å². The lowest BCUT2D eigenvalue weighted by molar-refractivity contribution is 0.918. The molecule has 0 aliphatic carbocycles. The van der Waals surface area contributed by atoms with Gasteiger partial charge in [0.15, 0.2) is 0 Å². The largest absolute Gasteiger partial charge is 0.308 e. The zero-order valence-electron chi connectivity index (χ0n) is 9.88. The lowest BCUT2D eigenvalue weighted by atomic mass is 10.1. The van der Waals surface area contributed by atoms with Crippen molar-refractivity contribution in [2.24, 2.45) is 7.05 Å². The molecular weight excluding hydrogens is 226 g/mol. The van der Waals surface area contributed by atoms with Gasteiger partial charge in [0.05, 0.1) is 10.9 Å². The molecule has 3 nitrogen and oxygen atoms in total. The first-order valence-corrected chi connectivity index (χ1v) is 5.70. The Morgan fingerprint density at radius 2 is 1.50 bits per heavy atom. The summed E-state index contributed by atoms with van der Waals surface area (Å²) in [5.74, 6) is 0. The van der Waals surface area contributed by atoms with Crippen molar-refractivity contribution >= 4 is 21.7 Å². The zero-order valence-corrected chi connectivity index (χ0v) is 9.88. The van der Waals surface area contributed by atoms with Gasteiger partial charge in [-0.3, -0.25) is 9.59 Å². The normalized spacial score (nSPS) is 10.9. The van der Waals surface area contributed by atoms with E-state index >= 15 is 0 Å². The number of aromatic nitrogens is 1. The van der Waals surface area contributed by atoms with Crippen molar-refractivity contribution in [1.29, 1.82) is 0 Å². The molecule has 0 aliphatic rings. The van der Waals surface area contributed by atoms with Crippen LogP contribution in [-0.4, -0.2) is 4.57 Å². The van der Waals surface area contributed by atoms with Crippen LogP contribution < -0.4 is 11.0 Å². The van der Waals surface area contributed by atoms with E-state index < -0.39 is 11.0 Å². The number of nitrogens with zero attached hydrogens (tertiary/aromatic N) is 1. The minimum Gasteiger partial charge on any atom is -0.308 e. The second-order valence-electron chi connectivity index (χ2n) is 4.29. The molecule has 0 amide bonds. The maximum atomic E-state index is 11.8. The summed E-state index contributed by atoms with van der Waals surface area (Å²) in [6, 6.07) is 15.3. The van der Waals surface area contributed by atoms with E-state index in [-0.39, 0.29) is 0 Å². The minimum absolute atomic E-state index is 0.426. The van der Waals surface area contributed by atoms with E-state index in [1.807, 2.05) is 42.5 Å². The molecule has 0 radical (unpaired) electrons. The highest BCUT2D eigenvalue weighted by Gasteiger charge is 2.10. The minimum atomic E-state index is -0.464. The predicted octanol–water partition coefficient (Wildman–Crippen LogP) is 2.05. The first-order valence-electron chi connectivity index (χ1n) is 5.70. The topological polar surface area (TPSA) is 39.1 Å². The number of hydrogen-bond acceptors (Lipinski definition) is 2. The van der Waals surface area contributed by atoms with Gasteiger partial charge in [-0.2, -0.15) is 0 Å². The molecule has 1 aromatic heterocycles. The summed E-state index contributed by atoms with van der Waals surface area (Å²) in [6.45, 7) is 0. The van der Waals surface area contributed by atoms with Crippen LogP contribution >= 0.6 is 0 Å². The summed E-state index contributed by atoms with van der Waals surface area (Å²) in [5.41, 5.74) is -0.203. The van der Waals surface area contributed by atoms with Gasteiger partial charge in [0, 0.05) is 7.05 Å². The standard InChI is InChI=1S/C15H11NO2/c1-16-13-9-11-7-5-3-2-4-6-10(11)8-12(13)14(17)15(16)18/h2-9H,1H3. The van der Waals surface area contributed by atoms with Crippen LogP contribution in [0.4, 0.5) is 0 Å². The molecule has 3 heteroatoms. The summed E-state index contributed by atoms with van der Waals surface area (Å²) in [5, 5.41) is 2.44. The van der Waals surface area contributed by atoms with Gasteiger partial charge in [-0.1, -0.05) is 36.4 Å². The van der Waals surface area contributed by atoms with Gasteiger partial charge in [0.25, 0.3) is 11.0 Å². The van der Waals surface area contributed by atoms with Crippen molar-refractivity contribution in [3.63, 3.8) is 0 Å². The van der Waals surface area contributed by atoms with Crippen molar-refractivity contribution in [1.82, 2.24) is 4.57 Å². The van der Waals surface area contributed by atoms with Gasteiger partial charge in [-0.05, 0) is 22.9 Å². The van der Waals surface area contributed by atoms with E-state index in [0.29, 0.717) is 10.9 Å². The molecule has 3 aromatic rings. The molecule has 0 bridgehead atoms. The van der Waals surface area contributed by atoms with Gasteiger partial charge in [0.1, 0.15) is 0 Å². The van der Waals surface area contributed by atoms with Gasteiger partial charge in [-0.15, -0.1) is 0 Å². The maximum Gasteiger partial charge on any atom is 0.299 e. The van der Waals surface area contributed by atoms with Crippen molar-refractivity contribution in [2.45, 2.75) is 0 Å². The average molecular weight is 237 g/mol. The van der Waals surface area contributed by atoms with Gasteiger partial charge >= 0.3 is 0 Å².